The average molecular weight is 241 g/mol. The predicted molar refractivity (Wildman–Crippen MR) is 65.3 cm³/mol. The Bertz CT molecular complexity index is 656. The van der Waals surface area contributed by atoms with Crippen LogP contribution in [0.15, 0.2) is 41.3 Å². The van der Waals surface area contributed by atoms with E-state index in [-0.39, 0.29) is 12.1 Å². The van der Waals surface area contributed by atoms with Gasteiger partial charge in [0, 0.05) is 17.8 Å². The largest absolute Gasteiger partial charge is 0.496 e. The van der Waals surface area contributed by atoms with Crippen molar-refractivity contribution in [1.82, 2.24) is 9.78 Å². The molecule has 2 aromatic rings. The zero-order valence-corrected chi connectivity index (χ0v) is 9.83. The van der Waals surface area contributed by atoms with Gasteiger partial charge in [0.2, 0.25) is 0 Å². The molecule has 2 rings (SSSR count). The lowest BCUT2D eigenvalue weighted by Crippen LogP contribution is -2.22. The zero-order chi connectivity index (χ0) is 13.0. The number of rotatable bonds is 3. The van der Waals surface area contributed by atoms with E-state index < -0.39 is 0 Å². The van der Waals surface area contributed by atoms with E-state index in [4.69, 9.17) is 10.00 Å². The summed E-state index contributed by atoms with van der Waals surface area (Å²) in [4.78, 5) is 11.6. The second kappa shape index (κ2) is 5.15. The lowest BCUT2D eigenvalue weighted by Gasteiger charge is -2.09. The number of nitrogens with zero attached hydrogens (tertiary/aromatic N) is 3. The number of nitriles is 1. The topological polar surface area (TPSA) is 67.9 Å². The summed E-state index contributed by atoms with van der Waals surface area (Å²) in [6.07, 6.45) is 1.54. The summed E-state index contributed by atoms with van der Waals surface area (Å²) in [6.45, 7) is 0.276. The van der Waals surface area contributed by atoms with Crippen molar-refractivity contribution in [2.24, 2.45) is 0 Å². The SMILES string of the molecule is COc1ccc(C#N)cc1Cn1ncccc1=O. The second-order valence-corrected chi connectivity index (χ2v) is 3.66. The first kappa shape index (κ1) is 11.9. The third-order valence-electron chi connectivity index (χ3n) is 2.51. The minimum atomic E-state index is -0.193. The van der Waals surface area contributed by atoms with Crippen LogP contribution < -0.4 is 10.3 Å². The Kier molecular flexibility index (Phi) is 3.39. The molecule has 0 aliphatic carbocycles. The molecule has 0 spiro atoms. The maximum Gasteiger partial charge on any atom is 0.267 e. The van der Waals surface area contributed by atoms with Gasteiger partial charge in [-0.1, -0.05) is 0 Å². The van der Waals surface area contributed by atoms with Crippen molar-refractivity contribution < 1.29 is 4.74 Å². The summed E-state index contributed by atoms with van der Waals surface area (Å²) < 4.78 is 6.52. The molecule has 0 radical (unpaired) electrons. The van der Waals surface area contributed by atoms with Crippen molar-refractivity contribution in [2.45, 2.75) is 6.54 Å². The molecule has 0 fully saturated rings. The Morgan fingerprint density at radius 1 is 1.44 bits per heavy atom. The van der Waals surface area contributed by atoms with E-state index in [0.29, 0.717) is 11.3 Å². The molecule has 0 saturated heterocycles. The first-order valence-electron chi connectivity index (χ1n) is 5.34. The van der Waals surface area contributed by atoms with Crippen molar-refractivity contribution in [3.05, 3.63) is 58.0 Å². The monoisotopic (exact) mass is 241 g/mol. The molecule has 90 valence electrons. The van der Waals surface area contributed by atoms with Crippen molar-refractivity contribution in [1.29, 1.82) is 5.26 Å². The summed E-state index contributed by atoms with van der Waals surface area (Å²) >= 11 is 0. The molecule has 0 N–H and O–H groups in total. The predicted octanol–water partition coefficient (Wildman–Crippen LogP) is 1.17. The summed E-state index contributed by atoms with van der Waals surface area (Å²) in [5, 5.41) is 12.8. The van der Waals surface area contributed by atoms with Gasteiger partial charge in [0.15, 0.2) is 0 Å². The normalized spacial score (nSPS) is 9.78. The number of benzene rings is 1. The molecule has 1 aromatic heterocycles. The van der Waals surface area contributed by atoms with E-state index in [1.54, 1.807) is 37.6 Å². The maximum atomic E-state index is 11.6. The van der Waals surface area contributed by atoms with E-state index in [2.05, 4.69) is 11.2 Å². The van der Waals surface area contributed by atoms with E-state index >= 15 is 0 Å². The molecule has 0 amide bonds. The number of methoxy groups -OCH3 is 1. The third kappa shape index (κ3) is 2.38. The van der Waals surface area contributed by atoms with Crippen molar-refractivity contribution >= 4 is 0 Å². The van der Waals surface area contributed by atoms with E-state index in [0.717, 1.165) is 5.56 Å². The Morgan fingerprint density at radius 3 is 2.94 bits per heavy atom. The molecule has 1 heterocycles. The second-order valence-electron chi connectivity index (χ2n) is 3.66. The van der Waals surface area contributed by atoms with E-state index in [1.807, 2.05) is 0 Å². The zero-order valence-electron chi connectivity index (χ0n) is 9.83. The van der Waals surface area contributed by atoms with E-state index in [1.165, 1.54) is 10.7 Å². The molecular weight excluding hydrogens is 230 g/mol. The van der Waals surface area contributed by atoms with Crippen LogP contribution in [0.5, 0.6) is 5.75 Å². The minimum absolute atomic E-state index is 0.193. The van der Waals surface area contributed by atoms with Gasteiger partial charge in [-0.05, 0) is 24.3 Å². The number of aromatic nitrogens is 2. The summed E-state index contributed by atoms with van der Waals surface area (Å²) in [7, 11) is 1.55. The maximum absolute atomic E-state index is 11.6. The molecule has 1 aromatic carbocycles. The van der Waals surface area contributed by atoms with Gasteiger partial charge >= 0.3 is 0 Å². The van der Waals surface area contributed by atoms with Crippen LogP contribution in [0.3, 0.4) is 0 Å². The third-order valence-corrected chi connectivity index (χ3v) is 2.51. The van der Waals surface area contributed by atoms with Gasteiger partial charge in [-0.25, -0.2) is 4.68 Å². The quantitative estimate of drug-likeness (QED) is 0.809. The Labute approximate surface area is 104 Å². The summed E-state index contributed by atoms with van der Waals surface area (Å²) in [6, 6.07) is 10.2. The molecule has 0 unspecified atom stereocenters. The molecule has 5 heteroatoms. The molecule has 0 aliphatic rings. The van der Waals surface area contributed by atoms with Crippen molar-refractivity contribution in [3.8, 4) is 11.8 Å². The lowest BCUT2D eigenvalue weighted by molar-refractivity contribution is 0.406. The highest BCUT2D eigenvalue weighted by molar-refractivity contribution is 5.42. The highest BCUT2D eigenvalue weighted by Crippen LogP contribution is 2.19. The summed E-state index contributed by atoms with van der Waals surface area (Å²) in [5.74, 6) is 0.631. The smallest absolute Gasteiger partial charge is 0.267 e. The molecule has 18 heavy (non-hydrogen) atoms. The Morgan fingerprint density at radius 2 is 2.28 bits per heavy atom. The van der Waals surface area contributed by atoms with Crippen LogP contribution in [-0.4, -0.2) is 16.9 Å². The Hall–Kier alpha value is -2.61. The number of hydrogen-bond donors (Lipinski definition) is 0. The molecule has 5 nitrogen and oxygen atoms in total. The van der Waals surface area contributed by atoms with Gasteiger partial charge in [0.05, 0.1) is 25.3 Å². The number of hydrogen-bond acceptors (Lipinski definition) is 4. The standard InChI is InChI=1S/C13H11N3O2/c1-18-12-5-4-10(8-14)7-11(12)9-16-13(17)3-2-6-15-16/h2-7H,9H2,1H3. The first-order chi connectivity index (χ1) is 8.74. The number of ether oxygens (including phenoxy) is 1. The van der Waals surface area contributed by atoms with Gasteiger partial charge in [0.1, 0.15) is 5.75 Å². The fourth-order valence-electron chi connectivity index (χ4n) is 1.64. The fourth-order valence-corrected chi connectivity index (χ4v) is 1.64. The molecule has 0 bridgehead atoms. The van der Waals surface area contributed by atoms with Gasteiger partial charge in [-0.15, -0.1) is 0 Å². The summed E-state index contributed by atoms with van der Waals surface area (Å²) in [5.41, 5.74) is 1.08. The minimum Gasteiger partial charge on any atom is -0.496 e. The van der Waals surface area contributed by atoms with Crippen LogP contribution in [0.25, 0.3) is 0 Å². The van der Waals surface area contributed by atoms with Crippen LogP contribution in [0, 0.1) is 11.3 Å². The average Bonchev–Trinajstić information content (AvgIpc) is 2.41. The highest BCUT2D eigenvalue weighted by atomic mass is 16.5. The lowest BCUT2D eigenvalue weighted by atomic mass is 10.1. The van der Waals surface area contributed by atoms with Gasteiger partial charge in [-0.2, -0.15) is 10.4 Å². The molecule has 0 aliphatic heterocycles. The fraction of sp³-hybridized carbons (Fsp3) is 0.154. The van der Waals surface area contributed by atoms with Crippen LogP contribution in [0.2, 0.25) is 0 Å². The highest BCUT2D eigenvalue weighted by Gasteiger charge is 2.06. The Balaban J connectivity index is 2.42. The van der Waals surface area contributed by atoms with Crippen LogP contribution in [0.1, 0.15) is 11.1 Å². The van der Waals surface area contributed by atoms with Crippen molar-refractivity contribution in [2.75, 3.05) is 7.11 Å². The molecular formula is C13H11N3O2. The van der Waals surface area contributed by atoms with Gasteiger partial charge < -0.3 is 4.74 Å². The van der Waals surface area contributed by atoms with Crippen LogP contribution in [-0.2, 0) is 6.54 Å². The van der Waals surface area contributed by atoms with Gasteiger partial charge in [0.25, 0.3) is 5.56 Å². The van der Waals surface area contributed by atoms with Crippen molar-refractivity contribution in [3.63, 3.8) is 0 Å². The molecule has 0 saturated carbocycles. The van der Waals surface area contributed by atoms with Gasteiger partial charge in [-0.3, -0.25) is 4.79 Å². The van der Waals surface area contributed by atoms with Crippen LogP contribution >= 0.6 is 0 Å². The molecule has 0 atom stereocenters. The first-order valence-corrected chi connectivity index (χ1v) is 5.34. The van der Waals surface area contributed by atoms with E-state index in [9.17, 15) is 4.79 Å². The van der Waals surface area contributed by atoms with Crippen LogP contribution in [0.4, 0.5) is 0 Å².